The van der Waals surface area contributed by atoms with Gasteiger partial charge in [-0.05, 0) is 43.7 Å². The van der Waals surface area contributed by atoms with Crippen LogP contribution in [0.1, 0.15) is 36.6 Å². The Morgan fingerprint density at radius 1 is 1.43 bits per heavy atom. The van der Waals surface area contributed by atoms with E-state index in [1.807, 2.05) is 6.07 Å². The van der Waals surface area contributed by atoms with E-state index in [-0.39, 0.29) is 16.9 Å². The first-order valence-corrected chi connectivity index (χ1v) is 8.02. The number of benzene rings is 1. The van der Waals surface area contributed by atoms with E-state index in [1.54, 1.807) is 13.1 Å². The molecule has 1 aliphatic rings. The summed E-state index contributed by atoms with van der Waals surface area (Å²) < 4.78 is 19.5. The van der Waals surface area contributed by atoms with Gasteiger partial charge >= 0.3 is 0 Å². The van der Waals surface area contributed by atoms with Gasteiger partial charge in [0.1, 0.15) is 11.9 Å². The van der Waals surface area contributed by atoms with E-state index in [0.29, 0.717) is 16.3 Å². The minimum atomic E-state index is -0.570. The van der Waals surface area contributed by atoms with Gasteiger partial charge in [-0.2, -0.15) is 0 Å². The van der Waals surface area contributed by atoms with Crippen molar-refractivity contribution in [3.63, 3.8) is 0 Å². The van der Waals surface area contributed by atoms with Gasteiger partial charge in [0.05, 0.1) is 5.02 Å². The van der Waals surface area contributed by atoms with Gasteiger partial charge in [0, 0.05) is 22.8 Å². The molecule has 2 heterocycles. The van der Waals surface area contributed by atoms with Crippen LogP contribution in [0.4, 0.5) is 10.2 Å². The highest BCUT2D eigenvalue weighted by atomic mass is 35.5. The lowest BCUT2D eigenvalue weighted by molar-refractivity contribution is 0.226. The first-order valence-electron chi connectivity index (χ1n) is 7.26. The normalized spacial score (nSPS) is 18.3. The maximum absolute atomic E-state index is 13.7. The molecule has 0 saturated carbocycles. The summed E-state index contributed by atoms with van der Waals surface area (Å²) >= 11 is 12.1. The predicted octanol–water partition coefficient (Wildman–Crippen LogP) is 4.28. The van der Waals surface area contributed by atoms with Crippen LogP contribution in [0.3, 0.4) is 0 Å². The van der Waals surface area contributed by atoms with Gasteiger partial charge in [-0.3, -0.25) is 0 Å². The number of aromatic nitrogens is 1. The molecule has 3 N–H and O–H groups in total. The summed E-state index contributed by atoms with van der Waals surface area (Å²) in [4.78, 5) is 4.16. The summed E-state index contributed by atoms with van der Waals surface area (Å²) in [7, 11) is 0. The predicted molar refractivity (Wildman–Crippen MR) is 89.5 cm³/mol. The van der Waals surface area contributed by atoms with Crippen molar-refractivity contribution in [2.75, 3.05) is 12.3 Å². The number of nitrogens with zero attached hydrogens (tertiary/aromatic N) is 1. The average molecular weight is 356 g/mol. The van der Waals surface area contributed by atoms with Crippen LogP contribution in [-0.2, 0) is 0 Å². The molecule has 1 fully saturated rings. The van der Waals surface area contributed by atoms with Crippen LogP contribution in [0.5, 0.6) is 5.75 Å². The topological polar surface area (TPSA) is 60.2 Å². The first kappa shape index (κ1) is 16.3. The molecule has 0 bridgehead atoms. The van der Waals surface area contributed by atoms with Gasteiger partial charge in [0.2, 0.25) is 0 Å². The van der Waals surface area contributed by atoms with Crippen LogP contribution in [-0.4, -0.2) is 11.5 Å². The molecule has 1 aromatic carbocycles. The molecule has 0 spiro atoms. The number of nitrogens with one attached hydrogen (secondary N) is 1. The summed E-state index contributed by atoms with van der Waals surface area (Å²) in [6.07, 6.45) is 2.20. The zero-order chi connectivity index (χ0) is 16.6. The number of hydrogen-bond acceptors (Lipinski definition) is 4. The van der Waals surface area contributed by atoms with Crippen LogP contribution in [0.15, 0.2) is 24.4 Å². The maximum atomic E-state index is 13.7. The number of nitrogen functional groups attached to an aromatic ring is 1. The molecule has 0 amide bonds. The Labute approximate surface area is 143 Å². The minimum absolute atomic E-state index is 0.0478. The van der Waals surface area contributed by atoms with Crippen molar-refractivity contribution in [3.05, 3.63) is 51.4 Å². The van der Waals surface area contributed by atoms with Gasteiger partial charge in [0.25, 0.3) is 0 Å². The zero-order valence-electron chi connectivity index (χ0n) is 12.4. The first-order chi connectivity index (χ1) is 11.0. The van der Waals surface area contributed by atoms with E-state index in [4.69, 9.17) is 33.7 Å². The van der Waals surface area contributed by atoms with Crippen molar-refractivity contribution in [2.45, 2.75) is 25.5 Å². The third-order valence-corrected chi connectivity index (χ3v) is 4.63. The van der Waals surface area contributed by atoms with Crippen LogP contribution < -0.4 is 15.8 Å². The number of halogens is 3. The van der Waals surface area contributed by atoms with Crippen LogP contribution in [0.2, 0.25) is 10.0 Å². The molecule has 3 rings (SSSR count). The number of hydrogen-bond donors (Lipinski definition) is 2. The molecule has 0 radical (unpaired) electrons. The van der Waals surface area contributed by atoms with E-state index >= 15 is 0 Å². The minimum Gasteiger partial charge on any atom is -0.482 e. The summed E-state index contributed by atoms with van der Waals surface area (Å²) in [5.41, 5.74) is 7.28. The van der Waals surface area contributed by atoms with Crippen molar-refractivity contribution >= 4 is 29.0 Å². The monoisotopic (exact) mass is 355 g/mol. The molecule has 122 valence electrons. The van der Waals surface area contributed by atoms with Gasteiger partial charge in [-0.1, -0.05) is 23.2 Å². The average Bonchev–Trinajstić information content (AvgIpc) is 2.45. The molecule has 7 heteroatoms. The molecule has 1 saturated heterocycles. The molecular formula is C16H16Cl2FN3O. The van der Waals surface area contributed by atoms with Crippen molar-refractivity contribution in [1.29, 1.82) is 0 Å². The smallest absolute Gasteiger partial charge is 0.166 e. The van der Waals surface area contributed by atoms with Crippen molar-refractivity contribution in [1.82, 2.24) is 10.3 Å². The Kier molecular flexibility index (Phi) is 4.62. The highest BCUT2D eigenvalue weighted by Gasteiger charge is 2.22. The van der Waals surface area contributed by atoms with Gasteiger partial charge in [-0.15, -0.1) is 0 Å². The van der Waals surface area contributed by atoms with E-state index in [9.17, 15) is 4.39 Å². The fourth-order valence-corrected chi connectivity index (χ4v) is 3.17. The maximum Gasteiger partial charge on any atom is 0.166 e. The Morgan fingerprint density at radius 3 is 2.83 bits per heavy atom. The Morgan fingerprint density at radius 2 is 2.17 bits per heavy atom. The van der Waals surface area contributed by atoms with E-state index in [0.717, 1.165) is 18.5 Å². The number of pyridine rings is 1. The van der Waals surface area contributed by atoms with Crippen LogP contribution >= 0.6 is 23.2 Å². The highest BCUT2D eigenvalue weighted by molar-refractivity contribution is 6.36. The molecule has 1 aliphatic heterocycles. The second-order valence-corrected chi connectivity index (χ2v) is 6.25. The molecule has 2 atom stereocenters. The third-order valence-electron chi connectivity index (χ3n) is 3.92. The second-order valence-electron chi connectivity index (χ2n) is 5.46. The largest absolute Gasteiger partial charge is 0.482 e. The summed E-state index contributed by atoms with van der Waals surface area (Å²) in [5, 5.41) is 3.58. The van der Waals surface area contributed by atoms with Crippen molar-refractivity contribution < 1.29 is 9.13 Å². The van der Waals surface area contributed by atoms with Crippen LogP contribution in [0.25, 0.3) is 0 Å². The highest BCUT2D eigenvalue weighted by Crippen LogP contribution is 2.36. The summed E-state index contributed by atoms with van der Waals surface area (Å²) in [5.74, 6) is 0.156. The van der Waals surface area contributed by atoms with Gasteiger partial charge in [0.15, 0.2) is 11.6 Å². The SMILES string of the molecule is CC(Oc1cc(C2CCN2)cnc1N)c1c(Cl)ccc(F)c1Cl. The zero-order valence-corrected chi connectivity index (χ0v) is 14.0. The molecule has 2 unspecified atom stereocenters. The van der Waals surface area contributed by atoms with Gasteiger partial charge < -0.3 is 15.8 Å². The standard InChI is InChI=1S/C16H16Cl2FN3O/c1-8(14-10(17)2-3-11(19)15(14)18)23-13-6-9(7-22-16(13)20)12-4-5-21-12/h2-3,6-8,12,21H,4-5H2,1H3,(H2,20,22). The molecule has 0 aliphatic carbocycles. The van der Waals surface area contributed by atoms with E-state index < -0.39 is 11.9 Å². The quantitative estimate of drug-likeness (QED) is 0.803. The van der Waals surface area contributed by atoms with E-state index in [2.05, 4.69) is 10.3 Å². The lowest BCUT2D eigenvalue weighted by Crippen LogP contribution is -2.35. The van der Waals surface area contributed by atoms with Gasteiger partial charge in [-0.25, -0.2) is 9.37 Å². The fourth-order valence-electron chi connectivity index (χ4n) is 2.49. The number of rotatable bonds is 4. The van der Waals surface area contributed by atoms with E-state index in [1.165, 1.54) is 12.1 Å². The second kappa shape index (κ2) is 6.51. The number of nitrogens with two attached hydrogens (primary N) is 1. The Bertz CT molecular complexity index is 738. The molecular weight excluding hydrogens is 340 g/mol. The van der Waals surface area contributed by atoms with Crippen molar-refractivity contribution in [2.24, 2.45) is 0 Å². The summed E-state index contributed by atoms with van der Waals surface area (Å²) in [6, 6.07) is 4.78. The molecule has 4 nitrogen and oxygen atoms in total. The summed E-state index contributed by atoms with van der Waals surface area (Å²) in [6.45, 7) is 2.72. The number of anilines is 1. The lowest BCUT2D eigenvalue weighted by Gasteiger charge is -2.28. The third kappa shape index (κ3) is 3.22. The van der Waals surface area contributed by atoms with Crippen LogP contribution in [0, 0.1) is 5.82 Å². The molecule has 1 aromatic heterocycles. The van der Waals surface area contributed by atoms with Crippen molar-refractivity contribution in [3.8, 4) is 5.75 Å². The Hall–Kier alpha value is -1.56. The lowest BCUT2D eigenvalue weighted by atomic mass is 9.99. The Balaban J connectivity index is 1.88. The molecule has 2 aromatic rings. The molecule has 23 heavy (non-hydrogen) atoms. The number of ether oxygens (including phenoxy) is 1. The fraction of sp³-hybridized carbons (Fsp3) is 0.312.